The smallest absolute Gasteiger partial charge is 0.274 e. The number of hydrogen-bond acceptors (Lipinski definition) is 5. The average Bonchev–Trinajstić information content (AvgIpc) is 3.10. The van der Waals surface area contributed by atoms with Crippen molar-refractivity contribution in [3.8, 4) is 5.75 Å². The molecule has 2 aliphatic heterocycles. The van der Waals surface area contributed by atoms with Gasteiger partial charge in [0, 0.05) is 36.5 Å². The number of imidazole rings is 1. The zero-order valence-electron chi connectivity index (χ0n) is 19.5. The molecule has 8 rings (SSSR count). The molecule has 0 radical (unpaired) electrons. The van der Waals surface area contributed by atoms with Crippen LogP contribution in [-0.4, -0.2) is 44.3 Å². The van der Waals surface area contributed by atoms with Crippen LogP contribution in [0.2, 0.25) is 0 Å². The Morgan fingerprint density at radius 3 is 2.77 bits per heavy atom. The Morgan fingerprint density at radius 2 is 2.11 bits per heavy atom. The fraction of sp³-hybridized carbons (Fsp3) is 0.500. The number of carbonyl (C=O) groups excluding carboxylic acids is 1. The molecule has 0 spiro atoms. The minimum atomic E-state index is -1.02. The first kappa shape index (κ1) is 21.1. The predicted molar refractivity (Wildman–Crippen MR) is 126 cm³/mol. The van der Waals surface area contributed by atoms with Gasteiger partial charge in [0.15, 0.2) is 0 Å². The van der Waals surface area contributed by atoms with Crippen LogP contribution in [0.25, 0.3) is 5.65 Å². The van der Waals surface area contributed by atoms with E-state index in [1.54, 1.807) is 24.5 Å². The van der Waals surface area contributed by atoms with Crippen molar-refractivity contribution in [1.82, 2.24) is 14.0 Å². The van der Waals surface area contributed by atoms with Gasteiger partial charge in [-0.25, -0.2) is 9.37 Å². The number of amides is 1. The van der Waals surface area contributed by atoms with Crippen LogP contribution in [0, 0.1) is 0 Å². The summed E-state index contributed by atoms with van der Waals surface area (Å²) >= 11 is 0. The number of ether oxygens (including phenoxy) is 2. The van der Waals surface area contributed by atoms with Crippen LogP contribution in [0.3, 0.4) is 0 Å². The van der Waals surface area contributed by atoms with Crippen molar-refractivity contribution in [3.05, 3.63) is 58.4 Å². The molecule has 2 atom stereocenters. The Morgan fingerprint density at radius 1 is 1.31 bits per heavy atom. The molecule has 0 unspecified atom stereocenters. The fourth-order valence-electron chi connectivity index (χ4n) is 5.85. The highest BCUT2D eigenvalue weighted by Crippen LogP contribution is 2.58. The Hall–Kier alpha value is -3.20. The number of alkyl halides is 1. The summed E-state index contributed by atoms with van der Waals surface area (Å²) in [6, 6.07) is 4.54. The number of rotatable bonds is 6. The summed E-state index contributed by atoms with van der Waals surface area (Å²) in [5, 5.41) is 2.73. The number of aromatic nitrogens is 3. The minimum absolute atomic E-state index is 0.0510. The monoisotopic (exact) mass is 478 g/mol. The molecule has 3 saturated carbocycles. The molecule has 9 heteroatoms. The number of pyridine rings is 2. The first-order chi connectivity index (χ1) is 16.8. The van der Waals surface area contributed by atoms with Crippen molar-refractivity contribution in [1.29, 1.82) is 0 Å². The normalized spacial score (nSPS) is 31.1. The zero-order chi connectivity index (χ0) is 23.9. The van der Waals surface area contributed by atoms with Gasteiger partial charge in [-0.1, -0.05) is 0 Å². The van der Waals surface area contributed by atoms with E-state index in [2.05, 4.69) is 12.2 Å². The number of carbonyl (C=O) groups is 1. The van der Waals surface area contributed by atoms with Gasteiger partial charge in [-0.05, 0) is 51.2 Å². The molecule has 2 saturated heterocycles. The third kappa shape index (κ3) is 3.31. The van der Waals surface area contributed by atoms with Gasteiger partial charge in [0.2, 0.25) is 0 Å². The molecular formula is C26H27FN4O4. The van der Waals surface area contributed by atoms with E-state index in [1.165, 1.54) is 4.57 Å². The van der Waals surface area contributed by atoms with E-state index in [9.17, 15) is 14.0 Å². The van der Waals surface area contributed by atoms with Crippen molar-refractivity contribution >= 4 is 17.2 Å². The Balaban J connectivity index is 1.23. The lowest BCUT2D eigenvalue weighted by Crippen LogP contribution is -2.45. The quantitative estimate of drug-likeness (QED) is 0.583. The largest absolute Gasteiger partial charge is 0.489 e. The van der Waals surface area contributed by atoms with Crippen molar-refractivity contribution in [3.63, 3.8) is 0 Å². The summed E-state index contributed by atoms with van der Waals surface area (Å²) in [6.45, 7) is 2.79. The second-order valence-corrected chi connectivity index (χ2v) is 10.9. The van der Waals surface area contributed by atoms with Crippen molar-refractivity contribution in [2.45, 2.75) is 74.8 Å². The van der Waals surface area contributed by atoms with Crippen LogP contribution in [0.1, 0.15) is 67.5 Å². The molecule has 2 bridgehead atoms. The van der Waals surface area contributed by atoms with Gasteiger partial charge in [0.1, 0.15) is 23.3 Å². The van der Waals surface area contributed by atoms with Crippen LogP contribution < -0.4 is 15.6 Å². The number of halogens is 1. The van der Waals surface area contributed by atoms with E-state index in [0.717, 1.165) is 37.8 Å². The number of fused-ring (bicyclic) bond motifs is 2. The molecule has 1 amide bonds. The SMILES string of the molecule is CC12CC(c3cn4cc(C(=O)Nc5cccn([C@@H]6C[C@@H]6F)c5=O)c(OC5CCC5)cc4n3)(CO1)C2. The number of nitrogens with zero attached hydrogens (tertiary/aromatic N) is 3. The van der Waals surface area contributed by atoms with Gasteiger partial charge in [-0.3, -0.25) is 9.59 Å². The van der Waals surface area contributed by atoms with E-state index in [4.69, 9.17) is 14.5 Å². The molecule has 182 valence electrons. The second-order valence-electron chi connectivity index (χ2n) is 10.9. The second kappa shape index (κ2) is 7.16. The maximum absolute atomic E-state index is 13.5. The van der Waals surface area contributed by atoms with Gasteiger partial charge >= 0.3 is 0 Å². The van der Waals surface area contributed by atoms with Crippen LogP contribution in [0.15, 0.2) is 41.6 Å². The van der Waals surface area contributed by atoms with E-state index >= 15 is 0 Å². The van der Waals surface area contributed by atoms with Crippen molar-refractivity contribution in [2.24, 2.45) is 0 Å². The lowest BCUT2D eigenvalue weighted by molar-refractivity contribution is 0.0154. The predicted octanol–water partition coefficient (Wildman–Crippen LogP) is 3.78. The third-order valence-electron chi connectivity index (χ3n) is 8.07. The Labute approximate surface area is 201 Å². The minimum Gasteiger partial charge on any atom is -0.489 e. The van der Waals surface area contributed by atoms with Crippen LogP contribution >= 0.6 is 0 Å². The van der Waals surface area contributed by atoms with Crippen molar-refractivity contribution < 1.29 is 18.7 Å². The van der Waals surface area contributed by atoms with E-state index in [-0.39, 0.29) is 22.8 Å². The van der Waals surface area contributed by atoms with Gasteiger partial charge in [0.25, 0.3) is 11.5 Å². The van der Waals surface area contributed by atoms with Crippen molar-refractivity contribution in [2.75, 3.05) is 11.9 Å². The average molecular weight is 479 g/mol. The Kier molecular flexibility index (Phi) is 4.32. The molecule has 8 nitrogen and oxygen atoms in total. The van der Waals surface area contributed by atoms with Crippen LogP contribution in [0.5, 0.6) is 5.75 Å². The van der Waals surface area contributed by atoms with Gasteiger partial charge < -0.3 is 23.8 Å². The van der Waals surface area contributed by atoms with Gasteiger partial charge in [-0.2, -0.15) is 0 Å². The number of anilines is 1. The molecule has 5 aliphatic rings. The summed E-state index contributed by atoms with van der Waals surface area (Å²) in [4.78, 5) is 31.1. The van der Waals surface area contributed by atoms with Crippen LogP contribution in [-0.2, 0) is 10.2 Å². The zero-order valence-corrected chi connectivity index (χ0v) is 19.5. The van der Waals surface area contributed by atoms with E-state index < -0.39 is 23.7 Å². The molecule has 3 aliphatic carbocycles. The molecule has 5 fully saturated rings. The molecule has 1 N–H and O–H groups in total. The summed E-state index contributed by atoms with van der Waals surface area (Å²) in [6.07, 6.45) is 9.51. The third-order valence-corrected chi connectivity index (χ3v) is 8.07. The summed E-state index contributed by atoms with van der Waals surface area (Å²) in [5.41, 5.74) is 1.60. The summed E-state index contributed by atoms with van der Waals surface area (Å²) < 4.78 is 28.9. The van der Waals surface area contributed by atoms with Gasteiger partial charge in [0.05, 0.1) is 35.6 Å². The molecule has 0 aromatic carbocycles. The summed E-state index contributed by atoms with van der Waals surface area (Å²) in [5.74, 6) is 0.00948. The highest BCUT2D eigenvalue weighted by Gasteiger charge is 2.61. The lowest BCUT2D eigenvalue weighted by Gasteiger charge is -2.41. The van der Waals surface area contributed by atoms with E-state index in [1.807, 2.05) is 16.7 Å². The highest BCUT2D eigenvalue weighted by molar-refractivity contribution is 6.06. The fourth-order valence-corrected chi connectivity index (χ4v) is 5.85. The lowest BCUT2D eigenvalue weighted by atomic mass is 9.62. The van der Waals surface area contributed by atoms with Crippen LogP contribution in [0.4, 0.5) is 10.1 Å². The Bertz CT molecular complexity index is 1420. The topological polar surface area (TPSA) is 86.9 Å². The standard InChI is InChI=1S/C26H27FN4O4/c1-25-12-26(13-25,14-34-25)21-11-30-10-16(20(9-22(30)29-21)35-15-4-2-5-15)23(32)28-18-6-3-7-31(24(18)33)19-8-17(19)27/h3,6-7,9-11,15,17,19H,2,4-5,8,12-14H2,1H3,(H,28,32)/t17-,19+,25?,26?/m0/s1. The highest BCUT2D eigenvalue weighted by atomic mass is 19.1. The molecule has 3 aromatic rings. The molecule has 35 heavy (non-hydrogen) atoms. The van der Waals surface area contributed by atoms with Gasteiger partial charge in [-0.15, -0.1) is 0 Å². The number of nitrogens with one attached hydrogen (secondary N) is 1. The first-order valence-corrected chi connectivity index (χ1v) is 12.3. The van der Waals surface area contributed by atoms with E-state index in [0.29, 0.717) is 30.0 Å². The first-order valence-electron chi connectivity index (χ1n) is 12.3. The number of hydrogen-bond donors (Lipinski definition) is 1. The molecule has 3 aromatic heterocycles. The maximum Gasteiger partial charge on any atom is 0.274 e. The molecule has 5 heterocycles. The summed E-state index contributed by atoms with van der Waals surface area (Å²) in [7, 11) is 0. The maximum atomic E-state index is 13.5. The molecular weight excluding hydrogens is 451 g/mol.